The van der Waals surface area contributed by atoms with Crippen molar-refractivity contribution in [3.05, 3.63) is 0 Å². The van der Waals surface area contributed by atoms with Gasteiger partial charge in [0.2, 0.25) is 0 Å². The third kappa shape index (κ3) is 45.7. The van der Waals surface area contributed by atoms with Gasteiger partial charge in [-0.25, -0.2) is 0 Å². The quantitative estimate of drug-likeness (QED) is 0.365. The van der Waals surface area contributed by atoms with Crippen LogP contribution < -0.4 is 0 Å². The lowest BCUT2D eigenvalue weighted by Gasteiger charge is -1.52. The van der Waals surface area contributed by atoms with Crippen LogP contribution in [0.25, 0.3) is 0 Å². The van der Waals surface area contributed by atoms with Crippen molar-refractivity contribution in [1.29, 1.82) is 0 Å². The Balaban J connectivity index is 0. The molecule has 3 heteroatoms. The smallest absolute Gasteiger partial charge is 0.309 e. The van der Waals surface area contributed by atoms with Crippen LogP contribution in [0.15, 0.2) is 0 Å². The molecule has 0 N–H and O–H groups in total. The number of halogens is 2. The lowest BCUT2D eigenvalue weighted by Crippen LogP contribution is -1.38. The number of terminal acetylenes is 1. The Labute approximate surface area is 61.8 Å². The Hall–Kier alpha value is 0.906. The molecular weight excluding hydrogens is 143 g/mol. The second kappa shape index (κ2) is 15.8. The first-order valence-electron chi connectivity index (χ1n) is 1.88. The average molecular weight is 149 g/mol. The molecule has 0 heterocycles. The van der Waals surface area contributed by atoms with Crippen LogP contribution in [0, 0.1) is 12.3 Å². The largest absolute Gasteiger partial charge is 0.618 e. The van der Waals surface area contributed by atoms with Crippen LogP contribution in [-0.2, 0) is 0 Å². The molecule has 0 aliphatic carbocycles. The van der Waals surface area contributed by atoms with Gasteiger partial charge in [0.15, 0.2) is 0 Å². The summed E-state index contributed by atoms with van der Waals surface area (Å²) in [5.41, 5.74) is 0. The highest BCUT2D eigenvalue weighted by Gasteiger charge is 1.64. The van der Waals surface area contributed by atoms with Gasteiger partial charge >= 0.3 is 18.2 Å². The van der Waals surface area contributed by atoms with E-state index in [-0.39, 0.29) is 0 Å². The van der Waals surface area contributed by atoms with Crippen LogP contribution in [-0.4, -0.2) is 18.2 Å². The molecule has 0 rings (SSSR count). The molecule has 0 aliphatic heterocycles. The van der Waals surface area contributed by atoms with Gasteiger partial charge in [-0.15, -0.1) is 12.3 Å². The van der Waals surface area contributed by atoms with E-state index in [0.29, 0.717) is 0 Å². The van der Waals surface area contributed by atoms with Crippen LogP contribution in [0.4, 0.5) is 0 Å². The fourth-order valence-electron chi connectivity index (χ4n) is 0. The Morgan fingerprint density at radius 3 is 1.86 bits per heavy atom. The molecule has 0 aromatic carbocycles. The van der Waals surface area contributed by atoms with Gasteiger partial charge < -0.3 is 18.1 Å². The summed E-state index contributed by atoms with van der Waals surface area (Å²) in [6.07, 6.45) is 5.62. The Bertz CT molecular complexity index is 48.1. The first-order chi connectivity index (χ1) is 3.33. The summed E-state index contributed by atoms with van der Waals surface area (Å²) in [6, 6.07) is 0. The van der Waals surface area contributed by atoms with Gasteiger partial charge in [0.1, 0.15) is 0 Å². The fourth-order valence-corrected chi connectivity index (χ4v) is 0. The van der Waals surface area contributed by atoms with E-state index in [9.17, 15) is 0 Å². The second-order valence-electron chi connectivity index (χ2n) is 0.659. The van der Waals surface area contributed by atoms with Crippen molar-refractivity contribution >= 4 is 36.3 Å². The second-order valence-corrected chi connectivity index (χ2v) is 3.29. The molecule has 0 atom stereocenters. The van der Waals surface area contributed by atoms with E-state index in [4.69, 9.17) is 24.6 Å². The minimum Gasteiger partial charge on any atom is -0.309 e. The van der Waals surface area contributed by atoms with E-state index in [0.717, 1.165) is 6.42 Å². The summed E-state index contributed by atoms with van der Waals surface area (Å²) in [5, 5.41) is 0. The molecule has 0 aromatic rings. The summed E-state index contributed by atoms with van der Waals surface area (Å²) in [7, 11) is 9.81. The zero-order valence-corrected chi connectivity index (χ0v) is 7.17. The van der Waals surface area contributed by atoms with Gasteiger partial charge in [0.25, 0.3) is 0 Å². The Kier molecular flexibility index (Phi) is 24.4. The SMILES string of the molecule is C#CCC.[Cl][Mg][Cl]. The standard InChI is InChI=1S/C4H6.2ClH.Mg/c1-3-4-2;;;/h1H,4H2,2H3;2*1H;/q;;;+2/p-2. The minimum absolute atomic E-state index is 0.639. The molecule has 0 nitrogen and oxygen atoms in total. The van der Waals surface area contributed by atoms with Gasteiger partial charge in [-0.3, -0.25) is 0 Å². The summed E-state index contributed by atoms with van der Waals surface area (Å²) in [5.74, 6) is 2.43. The van der Waals surface area contributed by atoms with Crippen LogP contribution in [0.2, 0.25) is 0 Å². The molecule has 0 aliphatic rings. The molecule has 0 spiro atoms. The zero-order chi connectivity index (χ0) is 6.12. The first-order valence-corrected chi connectivity index (χ1v) is 6.16. The zero-order valence-electron chi connectivity index (χ0n) is 4.25. The summed E-state index contributed by atoms with van der Waals surface area (Å²) >= 11 is -0.639. The van der Waals surface area contributed by atoms with Crippen LogP contribution in [0.5, 0.6) is 0 Å². The lowest BCUT2D eigenvalue weighted by molar-refractivity contribution is 1.28. The third-order valence-electron chi connectivity index (χ3n) is 0.204. The van der Waals surface area contributed by atoms with Crippen LogP contribution in [0.3, 0.4) is 0 Å². The summed E-state index contributed by atoms with van der Waals surface area (Å²) in [6.45, 7) is 1.94. The number of rotatable bonds is 0. The average Bonchev–Trinajstić information content (AvgIpc) is 1.69. The van der Waals surface area contributed by atoms with E-state index < -0.39 is 18.2 Å². The molecule has 0 aromatic heterocycles. The van der Waals surface area contributed by atoms with Crippen molar-refractivity contribution < 1.29 is 0 Å². The van der Waals surface area contributed by atoms with E-state index in [2.05, 4.69) is 5.92 Å². The van der Waals surface area contributed by atoms with E-state index in [1.807, 2.05) is 6.92 Å². The van der Waals surface area contributed by atoms with Gasteiger partial charge in [-0.05, 0) is 0 Å². The molecule has 0 fully saturated rings. The van der Waals surface area contributed by atoms with Crippen molar-refractivity contribution in [2.24, 2.45) is 0 Å². The molecule has 0 radical (unpaired) electrons. The highest BCUT2D eigenvalue weighted by molar-refractivity contribution is 7.22. The lowest BCUT2D eigenvalue weighted by atomic mass is 10.5. The van der Waals surface area contributed by atoms with Gasteiger partial charge in [0, 0.05) is 6.42 Å². The molecule has 7 heavy (non-hydrogen) atoms. The maximum atomic E-state index is 4.90. The highest BCUT2D eigenvalue weighted by atomic mass is 35.6. The van der Waals surface area contributed by atoms with E-state index in [1.54, 1.807) is 0 Å². The van der Waals surface area contributed by atoms with Gasteiger partial charge in [-0.2, -0.15) is 0 Å². The molecular formula is C4H6Cl2Mg. The molecule has 0 amide bonds. The topological polar surface area (TPSA) is 0 Å². The molecule has 0 saturated carbocycles. The number of hydrogen-bond donors (Lipinski definition) is 0. The number of hydrogen-bond acceptors (Lipinski definition) is 0. The predicted molar refractivity (Wildman–Crippen MR) is 36.6 cm³/mol. The van der Waals surface area contributed by atoms with Crippen molar-refractivity contribution in [2.45, 2.75) is 13.3 Å². The molecule has 0 unspecified atom stereocenters. The Morgan fingerprint density at radius 1 is 1.71 bits per heavy atom. The van der Waals surface area contributed by atoms with Crippen molar-refractivity contribution in [3.8, 4) is 12.3 Å². The van der Waals surface area contributed by atoms with Crippen molar-refractivity contribution in [2.75, 3.05) is 0 Å². The highest BCUT2D eigenvalue weighted by Crippen LogP contribution is 1.67. The van der Waals surface area contributed by atoms with Crippen LogP contribution in [0.1, 0.15) is 13.3 Å². The normalized spacial score (nSPS) is 4.29. The Morgan fingerprint density at radius 2 is 1.86 bits per heavy atom. The minimum atomic E-state index is -0.639. The van der Waals surface area contributed by atoms with E-state index in [1.165, 1.54) is 0 Å². The summed E-state index contributed by atoms with van der Waals surface area (Å²) < 4.78 is 0. The fraction of sp³-hybridized carbons (Fsp3) is 0.500. The maximum absolute atomic E-state index is 4.90. The molecule has 0 saturated heterocycles. The monoisotopic (exact) mass is 148 g/mol. The van der Waals surface area contributed by atoms with Crippen molar-refractivity contribution in [1.82, 2.24) is 0 Å². The van der Waals surface area contributed by atoms with Crippen LogP contribution >= 0.6 is 18.1 Å². The first kappa shape index (κ1) is 10.8. The van der Waals surface area contributed by atoms with Gasteiger partial charge in [-0.1, -0.05) is 6.92 Å². The third-order valence-corrected chi connectivity index (χ3v) is 0.204. The maximum Gasteiger partial charge on any atom is 0.618 e. The molecule has 0 bridgehead atoms. The summed E-state index contributed by atoms with van der Waals surface area (Å²) in [4.78, 5) is 0. The van der Waals surface area contributed by atoms with Crippen molar-refractivity contribution in [3.63, 3.8) is 0 Å². The van der Waals surface area contributed by atoms with Gasteiger partial charge in [0.05, 0.1) is 0 Å². The van der Waals surface area contributed by atoms with E-state index >= 15 is 0 Å². The molecule has 38 valence electrons. The predicted octanol–water partition coefficient (Wildman–Crippen LogP) is 2.03.